The van der Waals surface area contributed by atoms with Crippen LogP contribution in [0.5, 0.6) is 0 Å². The molecule has 0 aliphatic rings. The van der Waals surface area contributed by atoms with Gasteiger partial charge in [-0.2, -0.15) is 0 Å². The fraction of sp³-hybridized carbons (Fsp3) is 1.00. The van der Waals surface area contributed by atoms with Gasteiger partial charge in [0.25, 0.3) is 0 Å². The zero-order valence-electron chi connectivity index (χ0n) is 4.77. The van der Waals surface area contributed by atoms with E-state index in [4.69, 9.17) is 56.6 Å². The standard InChI is InChI=1S/C4H6Cl4O2/c5-2(1-9)3(10)4(6,7)8/h2-3,9-10H,1H2. The highest BCUT2D eigenvalue weighted by molar-refractivity contribution is 6.68. The third kappa shape index (κ3) is 3.46. The highest BCUT2D eigenvalue weighted by atomic mass is 35.6. The van der Waals surface area contributed by atoms with E-state index in [1.54, 1.807) is 0 Å². The van der Waals surface area contributed by atoms with Crippen LogP contribution in [0.4, 0.5) is 0 Å². The molecule has 0 radical (unpaired) electrons. The van der Waals surface area contributed by atoms with Gasteiger partial charge in [0.1, 0.15) is 6.10 Å². The van der Waals surface area contributed by atoms with E-state index in [1.165, 1.54) is 0 Å². The predicted molar refractivity (Wildman–Crippen MR) is 43.0 cm³/mol. The molecule has 0 saturated carbocycles. The summed E-state index contributed by atoms with van der Waals surface area (Å²) in [4.78, 5) is 0. The van der Waals surface area contributed by atoms with Gasteiger partial charge in [0.15, 0.2) is 0 Å². The maximum absolute atomic E-state index is 8.97. The van der Waals surface area contributed by atoms with Crippen LogP contribution in [0.1, 0.15) is 0 Å². The van der Waals surface area contributed by atoms with Crippen LogP contribution >= 0.6 is 46.4 Å². The summed E-state index contributed by atoms with van der Waals surface area (Å²) in [6.45, 7) is -0.434. The summed E-state index contributed by atoms with van der Waals surface area (Å²) in [6, 6.07) is 0. The second kappa shape index (κ2) is 4.19. The number of rotatable bonds is 2. The Kier molecular flexibility index (Phi) is 4.64. The van der Waals surface area contributed by atoms with Crippen molar-refractivity contribution in [3.63, 3.8) is 0 Å². The molecule has 0 aromatic heterocycles. The Bertz CT molecular complexity index is 102. The molecular formula is C4H6Cl4O2. The van der Waals surface area contributed by atoms with Gasteiger partial charge >= 0.3 is 0 Å². The Morgan fingerprint density at radius 2 is 1.70 bits per heavy atom. The number of hydrogen-bond donors (Lipinski definition) is 2. The number of aliphatic hydroxyl groups is 2. The van der Waals surface area contributed by atoms with E-state index in [-0.39, 0.29) is 0 Å². The number of halogens is 4. The maximum Gasteiger partial charge on any atom is 0.217 e. The van der Waals surface area contributed by atoms with E-state index in [2.05, 4.69) is 0 Å². The Morgan fingerprint density at radius 1 is 1.30 bits per heavy atom. The lowest BCUT2D eigenvalue weighted by atomic mass is 10.3. The van der Waals surface area contributed by atoms with E-state index in [0.717, 1.165) is 0 Å². The minimum absolute atomic E-state index is 0.434. The molecule has 0 amide bonds. The van der Waals surface area contributed by atoms with Crippen LogP contribution in [0.15, 0.2) is 0 Å². The Balaban J connectivity index is 3.94. The third-order valence-electron chi connectivity index (χ3n) is 0.852. The first kappa shape index (κ1) is 11.1. The van der Waals surface area contributed by atoms with Gasteiger partial charge in [-0.3, -0.25) is 0 Å². The number of hydrogen-bond acceptors (Lipinski definition) is 2. The van der Waals surface area contributed by atoms with Crippen molar-refractivity contribution in [2.24, 2.45) is 0 Å². The van der Waals surface area contributed by atoms with E-state index >= 15 is 0 Å². The largest absolute Gasteiger partial charge is 0.395 e. The van der Waals surface area contributed by atoms with Gasteiger partial charge in [0.2, 0.25) is 3.79 Å². The lowest BCUT2D eigenvalue weighted by Crippen LogP contribution is -2.36. The van der Waals surface area contributed by atoms with E-state index in [1.807, 2.05) is 0 Å². The van der Waals surface area contributed by atoms with Crippen LogP contribution in [0.25, 0.3) is 0 Å². The highest BCUT2D eigenvalue weighted by Gasteiger charge is 2.35. The Labute approximate surface area is 78.6 Å². The van der Waals surface area contributed by atoms with Crippen molar-refractivity contribution < 1.29 is 10.2 Å². The van der Waals surface area contributed by atoms with Crippen LogP contribution < -0.4 is 0 Å². The molecule has 62 valence electrons. The van der Waals surface area contributed by atoms with Crippen molar-refractivity contribution in [3.8, 4) is 0 Å². The molecule has 0 aliphatic carbocycles. The fourth-order valence-corrected chi connectivity index (χ4v) is 1.14. The molecule has 0 saturated heterocycles. The summed E-state index contributed by atoms with van der Waals surface area (Å²) in [5.74, 6) is 0. The molecule has 2 nitrogen and oxygen atoms in total. The lowest BCUT2D eigenvalue weighted by molar-refractivity contribution is 0.141. The molecule has 0 spiro atoms. The average Bonchev–Trinajstić information content (AvgIpc) is 1.83. The molecule has 0 bridgehead atoms. The summed E-state index contributed by atoms with van der Waals surface area (Å²) in [5.41, 5.74) is 0. The summed E-state index contributed by atoms with van der Waals surface area (Å²) < 4.78 is -1.84. The van der Waals surface area contributed by atoms with Crippen LogP contribution in [-0.4, -0.2) is 32.1 Å². The average molecular weight is 228 g/mol. The van der Waals surface area contributed by atoms with Gasteiger partial charge in [0.05, 0.1) is 12.0 Å². The van der Waals surface area contributed by atoms with Gasteiger partial charge in [0, 0.05) is 0 Å². The predicted octanol–water partition coefficient (Wildman–Crippen LogP) is 1.32. The van der Waals surface area contributed by atoms with Crippen molar-refractivity contribution in [3.05, 3.63) is 0 Å². The van der Waals surface area contributed by atoms with Crippen LogP contribution in [-0.2, 0) is 0 Å². The quantitative estimate of drug-likeness (QED) is 0.699. The van der Waals surface area contributed by atoms with E-state index < -0.39 is 21.9 Å². The highest BCUT2D eigenvalue weighted by Crippen LogP contribution is 2.33. The van der Waals surface area contributed by atoms with E-state index in [9.17, 15) is 0 Å². The van der Waals surface area contributed by atoms with Gasteiger partial charge in [-0.1, -0.05) is 34.8 Å². The molecular weight excluding hydrogens is 222 g/mol. The first-order valence-electron chi connectivity index (χ1n) is 2.39. The van der Waals surface area contributed by atoms with Gasteiger partial charge in [-0.15, -0.1) is 11.6 Å². The normalized spacial score (nSPS) is 18.6. The smallest absolute Gasteiger partial charge is 0.217 e. The monoisotopic (exact) mass is 226 g/mol. The van der Waals surface area contributed by atoms with Gasteiger partial charge < -0.3 is 10.2 Å². The van der Waals surface area contributed by atoms with Gasteiger partial charge in [-0.25, -0.2) is 0 Å². The summed E-state index contributed by atoms with van der Waals surface area (Å²) in [5, 5.41) is 16.4. The molecule has 2 atom stereocenters. The van der Waals surface area contributed by atoms with Crippen LogP contribution in [0.3, 0.4) is 0 Å². The summed E-state index contributed by atoms with van der Waals surface area (Å²) in [6.07, 6.45) is -1.36. The summed E-state index contributed by atoms with van der Waals surface area (Å²) in [7, 11) is 0. The minimum Gasteiger partial charge on any atom is -0.395 e. The SMILES string of the molecule is OCC(Cl)C(O)C(Cl)(Cl)Cl. The third-order valence-corrected chi connectivity index (χ3v) is 1.90. The molecule has 0 aliphatic heterocycles. The molecule has 0 aromatic carbocycles. The van der Waals surface area contributed by atoms with Crippen molar-refractivity contribution in [1.82, 2.24) is 0 Å². The van der Waals surface area contributed by atoms with Crippen molar-refractivity contribution in [1.29, 1.82) is 0 Å². The summed E-state index contributed by atoms with van der Waals surface area (Å²) >= 11 is 21.1. The van der Waals surface area contributed by atoms with Crippen molar-refractivity contribution >= 4 is 46.4 Å². The molecule has 6 heteroatoms. The topological polar surface area (TPSA) is 40.5 Å². The Hall–Kier alpha value is 1.08. The first-order chi connectivity index (χ1) is 4.39. The Morgan fingerprint density at radius 3 is 1.80 bits per heavy atom. The number of alkyl halides is 4. The molecule has 0 fully saturated rings. The van der Waals surface area contributed by atoms with Gasteiger partial charge in [-0.05, 0) is 0 Å². The van der Waals surface area contributed by atoms with E-state index in [0.29, 0.717) is 0 Å². The molecule has 2 N–H and O–H groups in total. The zero-order valence-corrected chi connectivity index (χ0v) is 7.79. The molecule has 0 aromatic rings. The maximum atomic E-state index is 8.97. The minimum atomic E-state index is -1.84. The molecule has 0 heterocycles. The fourth-order valence-electron chi connectivity index (χ4n) is 0.305. The molecule has 0 rings (SSSR count). The van der Waals surface area contributed by atoms with Crippen molar-refractivity contribution in [2.75, 3.05) is 6.61 Å². The zero-order chi connectivity index (χ0) is 8.36. The second-order valence-electron chi connectivity index (χ2n) is 1.69. The second-order valence-corrected chi connectivity index (χ2v) is 4.61. The molecule has 10 heavy (non-hydrogen) atoms. The van der Waals surface area contributed by atoms with Crippen molar-refractivity contribution in [2.45, 2.75) is 15.3 Å². The number of aliphatic hydroxyl groups excluding tert-OH is 2. The lowest BCUT2D eigenvalue weighted by Gasteiger charge is -2.21. The molecule has 2 unspecified atom stereocenters. The van der Waals surface area contributed by atoms with Crippen LogP contribution in [0.2, 0.25) is 0 Å². The first-order valence-corrected chi connectivity index (χ1v) is 3.96. The van der Waals surface area contributed by atoms with Crippen LogP contribution in [0, 0.1) is 0 Å².